The summed E-state index contributed by atoms with van der Waals surface area (Å²) in [6, 6.07) is 35.1. The molecule has 0 unspecified atom stereocenters. The zero-order valence-corrected chi connectivity index (χ0v) is 29.3. The number of thioether (sulfide) groups is 1. The number of aromatic nitrogens is 1. The molecular weight excluding hydrogens is 693 g/mol. The number of rotatable bonds is 16. The number of nitrogens with one attached hydrogen (secondary N) is 1. The van der Waals surface area contributed by atoms with Crippen molar-refractivity contribution in [1.82, 2.24) is 14.6 Å². The first-order valence-electron chi connectivity index (χ1n) is 15.6. The molecule has 50 heavy (non-hydrogen) atoms. The topological polar surface area (TPSA) is 162 Å². The van der Waals surface area contributed by atoms with Crippen molar-refractivity contribution in [2.75, 3.05) is 12.3 Å². The number of carbonyl (C=O) groups excluding carboxylic acids is 1. The number of aryl methyl sites for hydroxylation is 2. The van der Waals surface area contributed by atoms with Crippen LogP contribution < -0.4 is 4.72 Å². The minimum Gasteiger partial charge on any atom is -0.294 e. The molecule has 1 heterocycles. The smallest absolute Gasteiger partial charge is 0.264 e. The van der Waals surface area contributed by atoms with Gasteiger partial charge in [-0.25, -0.2) is 21.6 Å². The molecule has 0 atom stereocenters. The first-order valence-corrected chi connectivity index (χ1v) is 19.5. The molecule has 5 aromatic rings. The van der Waals surface area contributed by atoms with Gasteiger partial charge in [-0.3, -0.25) is 14.7 Å². The van der Waals surface area contributed by atoms with E-state index in [1.54, 1.807) is 54.4 Å². The number of hydrogen-bond acceptors (Lipinski definition) is 8. The van der Waals surface area contributed by atoms with Gasteiger partial charge in [0.2, 0.25) is 0 Å². The lowest BCUT2D eigenvalue weighted by atomic mass is 10.1. The molecule has 4 aromatic carbocycles. The third kappa shape index (κ3) is 10.5. The second kappa shape index (κ2) is 17.1. The number of carbonyl (C=O) groups is 1. The fourth-order valence-corrected chi connectivity index (χ4v) is 7.64. The van der Waals surface area contributed by atoms with Gasteiger partial charge >= 0.3 is 0 Å². The molecule has 1 N–H and O–H groups in total. The summed E-state index contributed by atoms with van der Waals surface area (Å²) >= 11 is 1.70. The highest BCUT2D eigenvalue weighted by Gasteiger charge is 2.19. The van der Waals surface area contributed by atoms with Gasteiger partial charge < -0.3 is 0 Å². The molecule has 0 bridgehead atoms. The van der Waals surface area contributed by atoms with E-state index in [9.17, 15) is 21.6 Å². The lowest BCUT2D eigenvalue weighted by Gasteiger charge is -2.23. The van der Waals surface area contributed by atoms with Crippen LogP contribution in [0.1, 0.15) is 32.7 Å². The number of sulfonamides is 2. The van der Waals surface area contributed by atoms with Gasteiger partial charge in [-0.05, 0) is 95.7 Å². The van der Waals surface area contributed by atoms with Gasteiger partial charge in [0.05, 0.1) is 9.79 Å². The molecule has 5 rings (SSSR count). The molecule has 1 amide bonds. The van der Waals surface area contributed by atoms with Gasteiger partial charge in [0, 0.05) is 57.2 Å². The average molecular weight is 727 g/mol. The Kier molecular flexibility index (Phi) is 12.4. The van der Waals surface area contributed by atoms with Crippen LogP contribution >= 0.6 is 11.8 Å². The lowest BCUT2D eigenvalue weighted by Crippen LogP contribution is -2.30. The Morgan fingerprint density at radius 2 is 1.34 bits per heavy atom. The molecule has 0 fully saturated rings. The molecular formula is C36H34N6O5S3. The Morgan fingerprint density at radius 1 is 0.740 bits per heavy atom. The molecule has 0 spiro atoms. The highest BCUT2D eigenvalue weighted by atomic mass is 32.2. The van der Waals surface area contributed by atoms with Gasteiger partial charge in [-0.15, -0.1) is 11.8 Å². The summed E-state index contributed by atoms with van der Waals surface area (Å²) in [5.41, 5.74) is 12.5. The Hall–Kier alpha value is -4.98. The Bertz CT molecular complexity index is 2140. The summed E-state index contributed by atoms with van der Waals surface area (Å²) in [4.78, 5) is 22.7. The third-order valence-electron chi connectivity index (χ3n) is 7.67. The quantitative estimate of drug-likeness (QED) is 0.0504. The minimum atomic E-state index is -4.13. The van der Waals surface area contributed by atoms with Crippen molar-refractivity contribution in [2.45, 2.75) is 40.6 Å². The van der Waals surface area contributed by atoms with Crippen LogP contribution in [0.25, 0.3) is 10.4 Å². The summed E-state index contributed by atoms with van der Waals surface area (Å²) in [5, 5.41) is 0. The number of azide groups is 1. The van der Waals surface area contributed by atoms with E-state index in [0.717, 1.165) is 45.9 Å². The van der Waals surface area contributed by atoms with Crippen LogP contribution in [0, 0.1) is 0 Å². The monoisotopic (exact) mass is 726 g/mol. The van der Waals surface area contributed by atoms with Crippen LogP contribution in [0.5, 0.6) is 0 Å². The molecule has 0 aliphatic carbocycles. The molecule has 11 nitrogen and oxygen atoms in total. The van der Waals surface area contributed by atoms with E-state index >= 15 is 0 Å². The normalized spacial score (nSPS) is 11.5. The first kappa shape index (κ1) is 36.3. The average Bonchev–Trinajstić information content (AvgIpc) is 3.12. The van der Waals surface area contributed by atoms with Crippen LogP contribution in [0.3, 0.4) is 0 Å². The fraction of sp³-hybridized carbons (Fsp3) is 0.167. The van der Waals surface area contributed by atoms with E-state index in [1.807, 2.05) is 60.7 Å². The molecule has 0 aliphatic heterocycles. The number of amides is 1. The highest BCUT2D eigenvalue weighted by Crippen LogP contribution is 2.21. The van der Waals surface area contributed by atoms with Crippen LogP contribution in [-0.4, -0.2) is 44.9 Å². The van der Waals surface area contributed by atoms with E-state index < -0.39 is 26.0 Å². The van der Waals surface area contributed by atoms with Crippen molar-refractivity contribution in [2.24, 2.45) is 4.52 Å². The summed E-state index contributed by atoms with van der Waals surface area (Å²) in [6.45, 7) is 1.64. The second-order valence-electron chi connectivity index (χ2n) is 11.3. The second-order valence-corrected chi connectivity index (χ2v) is 15.7. The SMILES string of the molecule is [N-]=[N+]=NS(=O)(=O)c1ccc(CN(CCSc2ccccc2)Cc2ccc(S(=O)(=O)NC(=O)c3ccc(CCc4ccccn4)cc3)cc2)cc1. The van der Waals surface area contributed by atoms with Crippen molar-refractivity contribution in [3.05, 3.63) is 166 Å². The van der Waals surface area contributed by atoms with Gasteiger partial charge in [-0.1, -0.05) is 60.7 Å². The van der Waals surface area contributed by atoms with E-state index in [2.05, 4.69) is 24.0 Å². The molecule has 0 aliphatic rings. The fourth-order valence-electron chi connectivity index (χ4n) is 5.06. The number of nitrogens with zero attached hydrogens (tertiary/aromatic N) is 5. The summed E-state index contributed by atoms with van der Waals surface area (Å²) in [5.74, 6) is 0.0579. The molecule has 1 aromatic heterocycles. The molecule has 0 saturated carbocycles. The van der Waals surface area contributed by atoms with Gasteiger partial charge in [0.15, 0.2) is 0 Å². The van der Waals surface area contributed by atoms with E-state index in [0.29, 0.717) is 19.6 Å². The van der Waals surface area contributed by atoms with Crippen LogP contribution in [-0.2, 0) is 46.0 Å². The zero-order valence-electron chi connectivity index (χ0n) is 26.9. The van der Waals surface area contributed by atoms with Gasteiger partial charge in [-0.2, -0.15) is 0 Å². The van der Waals surface area contributed by atoms with Crippen molar-refractivity contribution < 1.29 is 21.6 Å². The van der Waals surface area contributed by atoms with Crippen LogP contribution in [0.2, 0.25) is 0 Å². The van der Waals surface area contributed by atoms with E-state index in [4.69, 9.17) is 5.53 Å². The van der Waals surface area contributed by atoms with Crippen molar-refractivity contribution in [3.63, 3.8) is 0 Å². The Morgan fingerprint density at radius 3 is 1.94 bits per heavy atom. The predicted molar refractivity (Wildman–Crippen MR) is 193 cm³/mol. The number of benzene rings is 4. The van der Waals surface area contributed by atoms with E-state index in [1.165, 1.54) is 24.3 Å². The highest BCUT2D eigenvalue weighted by molar-refractivity contribution is 7.99. The summed E-state index contributed by atoms with van der Waals surface area (Å²) in [6.07, 6.45) is 3.24. The third-order valence-corrected chi connectivity index (χ3v) is 11.2. The van der Waals surface area contributed by atoms with Gasteiger partial charge in [0.25, 0.3) is 26.0 Å². The predicted octanol–water partition coefficient (Wildman–Crippen LogP) is 6.78. The molecule has 0 saturated heterocycles. The maximum atomic E-state index is 13.1. The number of hydrogen-bond donors (Lipinski definition) is 1. The van der Waals surface area contributed by atoms with Crippen molar-refractivity contribution >= 4 is 37.7 Å². The van der Waals surface area contributed by atoms with Crippen molar-refractivity contribution in [1.29, 1.82) is 0 Å². The zero-order chi connectivity index (χ0) is 35.4. The summed E-state index contributed by atoms with van der Waals surface area (Å²) in [7, 11) is -8.21. The Balaban J connectivity index is 1.22. The van der Waals surface area contributed by atoms with Crippen molar-refractivity contribution in [3.8, 4) is 0 Å². The minimum absolute atomic E-state index is 0.0374. The molecule has 14 heteroatoms. The first-order chi connectivity index (χ1) is 24.1. The van der Waals surface area contributed by atoms with Crippen LogP contribution in [0.4, 0.5) is 0 Å². The summed E-state index contributed by atoms with van der Waals surface area (Å²) < 4.78 is 55.4. The Labute approximate surface area is 296 Å². The van der Waals surface area contributed by atoms with Crippen LogP contribution in [0.15, 0.2) is 147 Å². The largest absolute Gasteiger partial charge is 0.294 e. The molecule has 256 valence electrons. The maximum Gasteiger partial charge on any atom is 0.264 e. The maximum absolute atomic E-state index is 13.1. The molecule has 0 radical (unpaired) electrons. The lowest BCUT2D eigenvalue weighted by molar-refractivity contribution is 0.0981. The van der Waals surface area contributed by atoms with Gasteiger partial charge in [0.1, 0.15) is 0 Å². The van der Waals surface area contributed by atoms with E-state index in [-0.39, 0.29) is 15.4 Å². The number of pyridine rings is 1. The standard InChI is InChI=1S/C36H34N6O5S3/c37-40-41-50(46,47)35-21-14-30(15-22-35)27-42(24-25-48-33-7-2-1-3-8-33)26-29-12-19-34(20-13-29)49(44,45)39-36(43)31-16-9-28(10-17-31)11-18-32-6-4-5-23-38-32/h1-10,12-17,19-23H,11,18,24-27H2,(H,39,43).